The summed E-state index contributed by atoms with van der Waals surface area (Å²) in [7, 11) is 2.90. The highest BCUT2D eigenvalue weighted by atomic mass is 16.5. The van der Waals surface area contributed by atoms with Gasteiger partial charge in [-0.25, -0.2) is 4.79 Å². The lowest BCUT2D eigenvalue weighted by Gasteiger charge is -2.12. The van der Waals surface area contributed by atoms with E-state index < -0.39 is 0 Å². The molecule has 0 saturated carbocycles. The molecule has 0 amide bonds. The maximum atomic E-state index is 11.8. The van der Waals surface area contributed by atoms with Crippen molar-refractivity contribution in [3.8, 4) is 17.2 Å². The van der Waals surface area contributed by atoms with Crippen LogP contribution < -0.4 is 9.47 Å². The summed E-state index contributed by atoms with van der Waals surface area (Å²) in [5.74, 6) is 0.355. The van der Waals surface area contributed by atoms with Crippen LogP contribution in [0.4, 0.5) is 0 Å². The van der Waals surface area contributed by atoms with Gasteiger partial charge in [0, 0.05) is 11.1 Å². The standard InChI is InChI=1S/C16H22O5/c1-10(2)9-21-16(18)11(3)8-12-6-7-13(19-4)14(17)15(12)20-5/h6-8,10,17H,9H2,1-5H3. The molecule has 0 unspecified atom stereocenters. The summed E-state index contributed by atoms with van der Waals surface area (Å²) in [6.45, 7) is 5.96. The summed E-state index contributed by atoms with van der Waals surface area (Å²) in [6, 6.07) is 3.31. The first kappa shape index (κ1) is 16.9. The highest BCUT2D eigenvalue weighted by molar-refractivity contribution is 5.93. The zero-order valence-corrected chi connectivity index (χ0v) is 13.1. The van der Waals surface area contributed by atoms with Crippen molar-refractivity contribution in [1.82, 2.24) is 0 Å². The minimum atomic E-state index is -0.388. The van der Waals surface area contributed by atoms with Crippen molar-refractivity contribution in [3.63, 3.8) is 0 Å². The lowest BCUT2D eigenvalue weighted by atomic mass is 10.1. The maximum absolute atomic E-state index is 11.8. The van der Waals surface area contributed by atoms with Crippen molar-refractivity contribution in [2.45, 2.75) is 20.8 Å². The Morgan fingerprint density at radius 2 is 1.95 bits per heavy atom. The van der Waals surface area contributed by atoms with Crippen molar-refractivity contribution in [2.24, 2.45) is 5.92 Å². The first-order valence-corrected chi connectivity index (χ1v) is 6.70. The van der Waals surface area contributed by atoms with Crippen LogP contribution in [0.5, 0.6) is 17.2 Å². The Kier molecular flexibility index (Phi) is 6.09. The molecule has 0 aliphatic heterocycles. The minimum absolute atomic E-state index is 0.0999. The summed E-state index contributed by atoms with van der Waals surface area (Å²) >= 11 is 0. The lowest BCUT2D eigenvalue weighted by molar-refractivity contribution is -0.139. The second-order valence-electron chi connectivity index (χ2n) is 5.06. The van der Waals surface area contributed by atoms with Gasteiger partial charge in [0.25, 0.3) is 0 Å². The van der Waals surface area contributed by atoms with E-state index >= 15 is 0 Å². The fraction of sp³-hybridized carbons (Fsp3) is 0.438. The number of methoxy groups -OCH3 is 2. The second kappa shape index (κ2) is 7.57. The summed E-state index contributed by atoms with van der Waals surface area (Å²) in [5.41, 5.74) is 1.01. The van der Waals surface area contributed by atoms with Crippen LogP contribution in [-0.2, 0) is 9.53 Å². The number of hydrogen-bond acceptors (Lipinski definition) is 5. The van der Waals surface area contributed by atoms with Crippen LogP contribution in [0.25, 0.3) is 6.08 Å². The van der Waals surface area contributed by atoms with Gasteiger partial charge < -0.3 is 19.3 Å². The molecule has 0 heterocycles. The molecule has 5 nitrogen and oxygen atoms in total. The van der Waals surface area contributed by atoms with Crippen LogP contribution in [0.15, 0.2) is 17.7 Å². The fourth-order valence-electron chi connectivity index (χ4n) is 1.71. The van der Waals surface area contributed by atoms with Crippen LogP contribution in [0.1, 0.15) is 26.3 Å². The number of ether oxygens (including phenoxy) is 3. The molecule has 1 N–H and O–H groups in total. The van der Waals surface area contributed by atoms with Crippen molar-refractivity contribution < 1.29 is 24.1 Å². The van der Waals surface area contributed by atoms with E-state index in [-0.39, 0.29) is 23.4 Å². The van der Waals surface area contributed by atoms with Crippen LogP contribution in [0.3, 0.4) is 0 Å². The fourth-order valence-corrected chi connectivity index (χ4v) is 1.71. The zero-order valence-electron chi connectivity index (χ0n) is 13.1. The monoisotopic (exact) mass is 294 g/mol. The number of carbonyl (C=O) groups is 1. The molecule has 0 fully saturated rings. The lowest BCUT2D eigenvalue weighted by Crippen LogP contribution is -2.10. The van der Waals surface area contributed by atoms with E-state index in [1.165, 1.54) is 14.2 Å². The van der Waals surface area contributed by atoms with Crippen LogP contribution in [-0.4, -0.2) is 31.9 Å². The third kappa shape index (κ3) is 4.41. The molecule has 5 heteroatoms. The van der Waals surface area contributed by atoms with Crippen LogP contribution in [0.2, 0.25) is 0 Å². The maximum Gasteiger partial charge on any atom is 0.333 e. The average Bonchev–Trinajstić information content (AvgIpc) is 2.45. The molecule has 0 radical (unpaired) electrons. The van der Waals surface area contributed by atoms with Gasteiger partial charge in [0.2, 0.25) is 5.75 Å². The van der Waals surface area contributed by atoms with Crippen molar-refractivity contribution >= 4 is 12.0 Å². The molecule has 0 aliphatic rings. The zero-order chi connectivity index (χ0) is 16.0. The topological polar surface area (TPSA) is 65.0 Å². The Bertz CT molecular complexity index is 532. The molecule has 1 rings (SSSR count). The Morgan fingerprint density at radius 1 is 1.29 bits per heavy atom. The predicted octanol–water partition coefficient (Wildman–Crippen LogP) is 3.01. The summed E-state index contributed by atoms with van der Waals surface area (Å²) < 4.78 is 15.3. The van der Waals surface area contributed by atoms with Gasteiger partial charge in [-0.05, 0) is 31.1 Å². The summed E-state index contributed by atoms with van der Waals surface area (Å²) in [5, 5.41) is 10.0. The number of aromatic hydroxyl groups is 1. The molecule has 0 bridgehead atoms. The Hall–Kier alpha value is -2.17. The number of phenols is 1. The van der Waals surface area contributed by atoms with Gasteiger partial charge in [-0.1, -0.05) is 13.8 Å². The molecule has 0 spiro atoms. The predicted molar refractivity (Wildman–Crippen MR) is 80.7 cm³/mol. The van der Waals surface area contributed by atoms with Gasteiger partial charge in [0.05, 0.1) is 20.8 Å². The quantitative estimate of drug-likeness (QED) is 0.645. The highest BCUT2D eigenvalue weighted by Crippen LogP contribution is 2.39. The molecule has 21 heavy (non-hydrogen) atoms. The van der Waals surface area contributed by atoms with Gasteiger partial charge in [-0.15, -0.1) is 0 Å². The third-order valence-corrected chi connectivity index (χ3v) is 2.79. The van der Waals surface area contributed by atoms with Gasteiger partial charge in [0.1, 0.15) is 0 Å². The number of esters is 1. The molecule has 116 valence electrons. The Morgan fingerprint density at radius 3 is 2.48 bits per heavy atom. The van der Waals surface area contributed by atoms with E-state index in [1.807, 2.05) is 13.8 Å². The summed E-state index contributed by atoms with van der Waals surface area (Å²) in [4.78, 5) is 11.8. The number of benzene rings is 1. The molecular formula is C16H22O5. The van der Waals surface area contributed by atoms with E-state index in [0.717, 1.165) is 0 Å². The molecule has 0 aromatic heterocycles. The van der Waals surface area contributed by atoms with Gasteiger partial charge >= 0.3 is 5.97 Å². The molecular weight excluding hydrogens is 272 g/mol. The second-order valence-corrected chi connectivity index (χ2v) is 5.06. The van der Waals surface area contributed by atoms with E-state index in [4.69, 9.17) is 14.2 Å². The van der Waals surface area contributed by atoms with Crippen molar-refractivity contribution in [2.75, 3.05) is 20.8 Å². The molecule has 0 saturated heterocycles. The van der Waals surface area contributed by atoms with Gasteiger partial charge in [0.15, 0.2) is 11.5 Å². The average molecular weight is 294 g/mol. The number of hydrogen-bond donors (Lipinski definition) is 1. The SMILES string of the molecule is COc1ccc(C=C(C)C(=O)OCC(C)C)c(OC)c1O. The van der Waals surface area contributed by atoms with Gasteiger partial charge in [-0.3, -0.25) is 0 Å². The number of rotatable bonds is 6. The van der Waals surface area contributed by atoms with E-state index in [2.05, 4.69) is 0 Å². The van der Waals surface area contributed by atoms with Crippen LogP contribution >= 0.6 is 0 Å². The number of carbonyl (C=O) groups excluding carboxylic acids is 1. The molecule has 1 aromatic rings. The van der Waals surface area contributed by atoms with E-state index in [9.17, 15) is 9.90 Å². The summed E-state index contributed by atoms with van der Waals surface area (Å²) in [6.07, 6.45) is 1.61. The van der Waals surface area contributed by atoms with Gasteiger partial charge in [-0.2, -0.15) is 0 Å². The smallest absolute Gasteiger partial charge is 0.333 e. The Balaban J connectivity index is 3.03. The molecule has 0 atom stereocenters. The molecule has 0 aliphatic carbocycles. The first-order valence-electron chi connectivity index (χ1n) is 6.70. The first-order chi connectivity index (χ1) is 9.90. The largest absolute Gasteiger partial charge is 0.502 e. The molecule has 1 aromatic carbocycles. The minimum Gasteiger partial charge on any atom is -0.502 e. The Labute approximate surface area is 125 Å². The normalized spacial score (nSPS) is 11.4. The van der Waals surface area contributed by atoms with Crippen LogP contribution in [0, 0.1) is 5.92 Å². The third-order valence-electron chi connectivity index (χ3n) is 2.79. The number of phenolic OH excluding ortho intramolecular Hbond substituents is 1. The van der Waals surface area contributed by atoms with Crippen molar-refractivity contribution in [3.05, 3.63) is 23.3 Å². The highest BCUT2D eigenvalue weighted by Gasteiger charge is 2.14. The van der Waals surface area contributed by atoms with E-state index in [1.54, 1.807) is 25.1 Å². The van der Waals surface area contributed by atoms with E-state index in [0.29, 0.717) is 23.5 Å². The van der Waals surface area contributed by atoms with Crippen molar-refractivity contribution in [1.29, 1.82) is 0 Å².